The molecule has 6 nitrogen and oxygen atoms in total. The topological polar surface area (TPSA) is 84.9 Å². The Hall–Kier alpha value is -2.24. The smallest absolute Gasteiger partial charge is 0.408 e. The predicted molar refractivity (Wildman–Crippen MR) is 82.1 cm³/mol. The average molecular weight is 309 g/mol. The predicted octanol–water partition coefficient (Wildman–Crippen LogP) is 2.61. The van der Waals surface area contributed by atoms with Gasteiger partial charge in [-0.3, -0.25) is 0 Å². The molecule has 0 aliphatic carbocycles. The highest BCUT2D eigenvalue weighted by Crippen LogP contribution is 2.15. The van der Waals surface area contributed by atoms with Gasteiger partial charge in [-0.15, -0.1) is 0 Å². The maximum Gasteiger partial charge on any atom is 0.408 e. The first-order valence-corrected chi connectivity index (χ1v) is 7.15. The first-order chi connectivity index (χ1) is 10.2. The SMILES string of the molecule is CCOc1cccc(CC(NC(=O)OC(C)(C)C)C(=O)O)c1. The molecule has 0 radical (unpaired) electrons. The fourth-order valence-corrected chi connectivity index (χ4v) is 1.81. The number of benzene rings is 1. The van der Waals surface area contributed by atoms with Crippen LogP contribution in [0, 0.1) is 0 Å². The van der Waals surface area contributed by atoms with Crippen LogP contribution in [0.2, 0.25) is 0 Å². The minimum absolute atomic E-state index is 0.148. The maximum atomic E-state index is 11.7. The summed E-state index contributed by atoms with van der Waals surface area (Å²) in [5.41, 5.74) is 0.0802. The van der Waals surface area contributed by atoms with Gasteiger partial charge in [-0.05, 0) is 45.4 Å². The van der Waals surface area contributed by atoms with Crippen LogP contribution >= 0.6 is 0 Å². The van der Waals surface area contributed by atoms with Crippen LogP contribution < -0.4 is 10.1 Å². The van der Waals surface area contributed by atoms with Crippen LogP contribution in [0.15, 0.2) is 24.3 Å². The molecule has 1 aromatic rings. The molecule has 0 fully saturated rings. The maximum absolute atomic E-state index is 11.7. The van der Waals surface area contributed by atoms with Gasteiger partial charge in [0.2, 0.25) is 0 Å². The molecule has 1 unspecified atom stereocenters. The molecule has 2 N–H and O–H groups in total. The van der Waals surface area contributed by atoms with Gasteiger partial charge in [0.15, 0.2) is 0 Å². The van der Waals surface area contributed by atoms with Gasteiger partial charge in [0, 0.05) is 6.42 Å². The van der Waals surface area contributed by atoms with Crippen LogP contribution in [0.3, 0.4) is 0 Å². The van der Waals surface area contributed by atoms with E-state index in [1.807, 2.05) is 6.92 Å². The minimum Gasteiger partial charge on any atom is -0.494 e. The van der Waals surface area contributed by atoms with Gasteiger partial charge in [-0.25, -0.2) is 9.59 Å². The van der Waals surface area contributed by atoms with Crippen molar-refractivity contribution in [2.45, 2.75) is 45.8 Å². The lowest BCUT2D eigenvalue weighted by molar-refractivity contribution is -0.139. The number of hydrogen-bond acceptors (Lipinski definition) is 4. The number of carboxylic acid groups (broad SMARTS) is 1. The standard InChI is InChI=1S/C16H23NO5/c1-5-21-12-8-6-7-11(9-12)10-13(14(18)19)17-15(20)22-16(2,3)4/h6-9,13H,5,10H2,1-4H3,(H,17,20)(H,18,19). The molecule has 0 saturated carbocycles. The molecule has 0 bridgehead atoms. The van der Waals surface area contributed by atoms with Crippen molar-refractivity contribution in [3.8, 4) is 5.75 Å². The fraction of sp³-hybridized carbons (Fsp3) is 0.500. The number of amides is 1. The van der Waals surface area contributed by atoms with E-state index < -0.39 is 23.7 Å². The second-order valence-electron chi connectivity index (χ2n) is 5.82. The summed E-state index contributed by atoms with van der Waals surface area (Å²) in [6.07, 6.45) is -0.601. The highest BCUT2D eigenvalue weighted by atomic mass is 16.6. The highest BCUT2D eigenvalue weighted by Gasteiger charge is 2.24. The molecule has 1 rings (SSSR count). The zero-order valence-corrected chi connectivity index (χ0v) is 13.4. The first-order valence-electron chi connectivity index (χ1n) is 7.15. The quantitative estimate of drug-likeness (QED) is 0.843. The number of rotatable bonds is 6. The molecular weight excluding hydrogens is 286 g/mol. The van der Waals surface area contributed by atoms with Crippen LogP contribution in [0.1, 0.15) is 33.3 Å². The third kappa shape index (κ3) is 6.47. The lowest BCUT2D eigenvalue weighted by Gasteiger charge is -2.22. The Labute approximate surface area is 130 Å². The second kappa shape index (κ2) is 7.68. The lowest BCUT2D eigenvalue weighted by Crippen LogP contribution is -2.44. The van der Waals surface area contributed by atoms with E-state index in [0.717, 1.165) is 5.56 Å². The Balaban J connectivity index is 2.74. The van der Waals surface area contributed by atoms with E-state index >= 15 is 0 Å². The van der Waals surface area contributed by atoms with Crippen molar-refractivity contribution in [3.63, 3.8) is 0 Å². The van der Waals surface area contributed by atoms with Crippen molar-refractivity contribution in [1.29, 1.82) is 0 Å². The summed E-state index contributed by atoms with van der Waals surface area (Å²) in [6.45, 7) is 7.55. The van der Waals surface area contributed by atoms with Crippen LogP contribution in [0.4, 0.5) is 4.79 Å². The molecule has 1 aromatic carbocycles. The number of carboxylic acids is 1. The van der Waals surface area contributed by atoms with Crippen molar-refractivity contribution in [2.75, 3.05) is 6.61 Å². The van der Waals surface area contributed by atoms with Crippen molar-refractivity contribution in [1.82, 2.24) is 5.32 Å². The molecule has 0 aromatic heterocycles. The monoisotopic (exact) mass is 309 g/mol. The Morgan fingerprint density at radius 1 is 1.32 bits per heavy atom. The fourth-order valence-electron chi connectivity index (χ4n) is 1.81. The second-order valence-corrected chi connectivity index (χ2v) is 5.82. The van der Waals surface area contributed by atoms with Gasteiger partial charge in [-0.2, -0.15) is 0 Å². The summed E-state index contributed by atoms with van der Waals surface area (Å²) in [4.78, 5) is 23.0. The van der Waals surface area contributed by atoms with Crippen molar-refractivity contribution in [2.24, 2.45) is 0 Å². The highest BCUT2D eigenvalue weighted by molar-refractivity contribution is 5.80. The van der Waals surface area contributed by atoms with Crippen LogP contribution in [0.25, 0.3) is 0 Å². The Morgan fingerprint density at radius 3 is 2.55 bits per heavy atom. The van der Waals surface area contributed by atoms with E-state index in [9.17, 15) is 14.7 Å². The van der Waals surface area contributed by atoms with Gasteiger partial charge in [0.1, 0.15) is 17.4 Å². The van der Waals surface area contributed by atoms with Gasteiger partial charge < -0.3 is 19.9 Å². The Bertz CT molecular complexity index is 522. The molecule has 0 aliphatic heterocycles. The summed E-state index contributed by atoms with van der Waals surface area (Å²) < 4.78 is 10.5. The normalized spacial score (nSPS) is 12.4. The van der Waals surface area contributed by atoms with Crippen molar-refractivity contribution in [3.05, 3.63) is 29.8 Å². The molecule has 6 heteroatoms. The zero-order valence-electron chi connectivity index (χ0n) is 13.4. The van der Waals surface area contributed by atoms with E-state index in [1.165, 1.54) is 0 Å². The summed E-state index contributed by atoms with van der Waals surface area (Å²) in [6, 6.07) is 6.06. The van der Waals surface area contributed by atoms with Crippen LogP contribution in [0.5, 0.6) is 5.75 Å². The third-order valence-corrected chi connectivity index (χ3v) is 2.64. The Morgan fingerprint density at radius 2 is 2.00 bits per heavy atom. The van der Waals surface area contributed by atoms with E-state index in [2.05, 4.69) is 5.32 Å². The van der Waals surface area contributed by atoms with Gasteiger partial charge in [-0.1, -0.05) is 12.1 Å². The van der Waals surface area contributed by atoms with Crippen LogP contribution in [-0.2, 0) is 16.0 Å². The minimum atomic E-state index is -1.12. The number of aliphatic carboxylic acids is 1. The van der Waals surface area contributed by atoms with Crippen molar-refractivity contribution < 1.29 is 24.2 Å². The number of hydrogen-bond donors (Lipinski definition) is 2. The molecule has 0 saturated heterocycles. The molecule has 122 valence electrons. The summed E-state index contributed by atoms with van der Waals surface area (Å²) in [7, 11) is 0. The van der Waals surface area contributed by atoms with Gasteiger partial charge >= 0.3 is 12.1 Å². The van der Waals surface area contributed by atoms with E-state index in [1.54, 1.807) is 45.0 Å². The van der Waals surface area contributed by atoms with Gasteiger partial charge in [0.25, 0.3) is 0 Å². The third-order valence-electron chi connectivity index (χ3n) is 2.64. The number of carbonyl (C=O) groups is 2. The zero-order chi connectivity index (χ0) is 16.8. The largest absolute Gasteiger partial charge is 0.494 e. The molecule has 22 heavy (non-hydrogen) atoms. The van der Waals surface area contributed by atoms with Crippen molar-refractivity contribution >= 4 is 12.1 Å². The van der Waals surface area contributed by atoms with E-state index in [0.29, 0.717) is 12.4 Å². The summed E-state index contributed by atoms with van der Waals surface area (Å²) in [5, 5.41) is 11.6. The molecule has 1 atom stereocenters. The molecule has 0 heterocycles. The summed E-state index contributed by atoms with van der Waals surface area (Å²) in [5.74, 6) is -0.450. The van der Waals surface area contributed by atoms with E-state index in [-0.39, 0.29) is 6.42 Å². The van der Waals surface area contributed by atoms with E-state index in [4.69, 9.17) is 9.47 Å². The number of alkyl carbamates (subject to hydrolysis) is 1. The molecule has 0 aliphatic rings. The average Bonchev–Trinajstić information content (AvgIpc) is 2.36. The number of carbonyl (C=O) groups excluding carboxylic acids is 1. The number of nitrogens with one attached hydrogen (secondary N) is 1. The van der Waals surface area contributed by atoms with Gasteiger partial charge in [0.05, 0.1) is 6.61 Å². The lowest BCUT2D eigenvalue weighted by atomic mass is 10.1. The number of ether oxygens (including phenoxy) is 2. The molecular formula is C16H23NO5. The molecule has 1 amide bonds. The molecule has 0 spiro atoms. The van der Waals surface area contributed by atoms with Crippen LogP contribution in [-0.4, -0.2) is 35.4 Å². The summed E-state index contributed by atoms with van der Waals surface area (Å²) >= 11 is 0. The first kappa shape index (κ1) is 17.8. The Kier molecular flexibility index (Phi) is 6.22.